The molecule has 21 heavy (non-hydrogen) atoms. The molecule has 1 aromatic carbocycles. The van der Waals surface area contributed by atoms with Crippen molar-refractivity contribution in [3.63, 3.8) is 0 Å². The molecule has 1 aliphatic rings. The first kappa shape index (κ1) is 16.5. The van der Waals surface area contributed by atoms with E-state index in [1.807, 2.05) is 0 Å². The van der Waals surface area contributed by atoms with Gasteiger partial charge in [-0.05, 0) is 59.7 Å². The lowest BCUT2D eigenvalue weighted by Crippen LogP contribution is -2.29. The normalized spacial score (nSPS) is 18.3. The molecule has 1 saturated carbocycles. The van der Waals surface area contributed by atoms with Crippen LogP contribution < -0.4 is 5.32 Å². The van der Waals surface area contributed by atoms with Crippen molar-refractivity contribution < 1.29 is 0 Å². The highest BCUT2D eigenvalue weighted by Crippen LogP contribution is 2.44. The van der Waals surface area contributed by atoms with Crippen molar-refractivity contribution in [3.8, 4) is 0 Å². The minimum Gasteiger partial charge on any atom is -0.310 e. The van der Waals surface area contributed by atoms with Crippen molar-refractivity contribution in [1.82, 2.24) is 5.32 Å². The highest BCUT2D eigenvalue weighted by Gasteiger charge is 2.34. The molecule has 0 amide bonds. The Balaban J connectivity index is 2.38. The van der Waals surface area contributed by atoms with E-state index in [0.717, 1.165) is 18.4 Å². The summed E-state index contributed by atoms with van der Waals surface area (Å²) < 4.78 is 0. The third-order valence-corrected chi connectivity index (χ3v) is 5.05. The van der Waals surface area contributed by atoms with E-state index >= 15 is 0 Å². The lowest BCUT2D eigenvalue weighted by Gasteiger charge is -2.29. The van der Waals surface area contributed by atoms with E-state index in [0.29, 0.717) is 17.9 Å². The zero-order chi connectivity index (χ0) is 15.6. The van der Waals surface area contributed by atoms with Crippen LogP contribution in [0.3, 0.4) is 0 Å². The summed E-state index contributed by atoms with van der Waals surface area (Å²) in [4.78, 5) is 0. The first-order chi connectivity index (χ1) is 9.95. The van der Waals surface area contributed by atoms with E-state index in [9.17, 15) is 0 Å². The molecule has 0 aromatic heterocycles. The summed E-state index contributed by atoms with van der Waals surface area (Å²) in [6, 6.07) is 7.71. The van der Waals surface area contributed by atoms with Gasteiger partial charge in [-0.25, -0.2) is 0 Å². The van der Waals surface area contributed by atoms with Crippen LogP contribution in [0, 0.1) is 11.8 Å². The summed E-state index contributed by atoms with van der Waals surface area (Å²) in [6.45, 7) is 14.9. The molecule has 118 valence electrons. The Morgan fingerprint density at radius 3 is 2.14 bits per heavy atom. The molecule has 0 saturated heterocycles. The third-order valence-electron chi connectivity index (χ3n) is 5.05. The molecule has 2 atom stereocenters. The number of rotatable bonds is 7. The fourth-order valence-corrected chi connectivity index (χ4v) is 3.43. The SMILES string of the molecule is CCNC(c1ccc(C(C)C)cc1C(C)C)C(C)C1CC1. The standard InChI is InChI=1S/C20H33N/c1-7-21-20(15(6)16-8-9-16)18-11-10-17(13(2)3)12-19(18)14(4)5/h10-16,20-21H,7-9H2,1-6H3. The van der Waals surface area contributed by atoms with Gasteiger partial charge in [0.1, 0.15) is 0 Å². The molecular weight excluding hydrogens is 254 g/mol. The van der Waals surface area contributed by atoms with Crippen molar-refractivity contribution in [3.05, 3.63) is 34.9 Å². The minimum absolute atomic E-state index is 0.515. The van der Waals surface area contributed by atoms with E-state index in [1.54, 1.807) is 5.56 Å². The zero-order valence-electron chi connectivity index (χ0n) is 14.7. The first-order valence-electron chi connectivity index (χ1n) is 8.82. The van der Waals surface area contributed by atoms with Gasteiger partial charge in [-0.15, -0.1) is 0 Å². The van der Waals surface area contributed by atoms with Crippen LogP contribution in [0.2, 0.25) is 0 Å². The van der Waals surface area contributed by atoms with Gasteiger partial charge in [-0.3, -0.25) is 0 Å². The highest BCUT2D eigenvalue weighted by molar-refractivity contribution is 5.38. The number of hydrogen-bond donors (Lipinski definition) is 1. The monoisotopic (exact) mass is 287 g/mol. The quantitative estimate of drug-likeness (QED) is 0.685. The maximum atomic E-state index is 3.76. The Kier molecular flexibility index (Phi) is 5.48. The largest absolute Gasteiger partial charge is 0.310 e. The summed E-state index contributed by atoms with van der Waals surface area (Å²) in [7, 11) is 0. The smallest absolute Gasteiger partial charge is 0.0351 e. The van der Waals surface area contributed by atoms with Crippen molar-refractivity contribution >= 4 is 0 Å². The van der Waals surface area contributed by atoms with E-state index in [1.165, 1.54) is 24.0 Å². The maximum Gasteiger partial charge on any atom is 0.0351 e. The van der Waals surface area contributed by atoms with Crippen molar-refractivity contribution in [2.45, 2.75) is 72.3 Å². The van der Waals surface area contributed by atoms with Gasteiger partial charge in [0, 0.05) is 6.04 Å². The predicted molar refractivity (Wildman–Crippen MR) is 92.9 cm³/mol. The average molecular weight is 287 g/mol. The molecule has 1 N–H and O–H groups in total. The molecule has 0 spiro atoms. The van der Waals surface area contributed by atoms with Crippen LogP contribution in [0.5, 0.6) is 0 Å². The van der Waals surface area contributed by atoms with Gasteiger partial charge < -0.3 is 5.32 Å². The van der Waals surface area contributed by atoms with Crippen LogP contribution in [0.15, 0.2) is 18.2 Å². The molecule has 0 aliphatic heterocycles. The predicted octanol–water partition coefficient (Wildman–Crippen LogP) is 5.63. The molecule has 2 unspecified atom stereocenters. The molecular formula is C20H33N. The third kappa shape index (κ3) is 3.88. The van der Waals surface area contributed by atoms with Crippen molar-refractivity contribution in [1.29, 1.82) is 0 Å². The Labute approximate surface area is 131 Å². The van der Waals surface area contributed by atoms with E-state index < -0.39 is 0 Å². The minimum atomic E-state index is 0.515. The van der Waals surface area contributed by atoms with Gasteiger partial charge in [0.15, 0.2) is 0 Å². The van der Waals surface area contributed by atoms with Gasteiger partial charge in [0.25, 0.3) is 0 Å². The molecule has 1 aromatic rings. The summed E-state index contributed by atoms with van der Waals surface area (Å²) in [5.41, 5.74) is 4.55. The fraction of sp³-hybridized carbons (Fsp3) is 0.700. The Hall–Kier alpha value is -0.820. The molecule has 0 radical (unpaired) electrons. The molecule has 1 nitrogen and oxygen atoms in total. The van der Waals surface area contributed by atoms with Crippen LogP contribution in [-0.4, -0.2) is 6.54 Å². The van der Waals surface area contributed by atoms with Crippen LogP contribution in [-0.2, 0) is 0 Å². The lowest BCUT2D eigenvalue weighted by atomic mass is 9.83. The van der Waals surface area contributed by atoms with E-state index in [2.05, 4.69) is 65.1 Å². The zero-order valence-corrected chi connectivity index (χ0v) is 14.7. The second-order valence-corrected chi connectivity index (χ2v) is 7.43. The Morgan fingerprint density at radius 2 is 1.67 bits per heavy atom. The van der Waals surface area contributed by atoms with E-state index in [-0.39, 0.29) is 0 Å². The van der Waals surface area contributed by atoms with Gasteiger partial charge >= 0.3 is 0 Å². The molecule has 0 bridgehead atoms. The lowest BCUT2D eigenvalue weighted by molar-refractivity contribution is 0.352. The summed E-state index contributed by atoms with van der Waals surface area (Å²) in [5.74, 6) is 2.87. The number of nitrogens with one attached hydrogen (secondary N) is 1. The molecule has 1 fully saturated rings. The van der Waals surface area contributed by atoms with Gasteiger partial charge in [0.2, 0.25) is 0 Å². The van der Waals surface area contributed by atoms with Crippen LogP contribution in [0.25, 0.3) is 0 Å². The van der Waals surface area contributed by atoms with Gasteiger partial charge in [0.05, 0.1) is 0 Å². The van der Waals surface area contributed by atoms with E-state index in [4.69, 9.17) is 0 Å². The summed E-state index contributed by atoms with van der Waals surface area (Å²) in [6.07, 6.45) is 2.84. The van der Waals surface area contributed by atoms with Crippen LogP contribution in [0.1, 0.15) is 89.0 Å². The second kappa shape index (κ2) is 6.96. The van der Waals surface area contributed by atoms with Crippen molar-refractivity contribution in [2.24, 2.45) is 11.8 Å². The molecule has 0 heterocycles. The number of hydrogen-bond acceptors (Lipinski definition) is 1. The van der Waals surface area contributed by atoms with Crippen LogP contribution >= 0.6 is 0 Å². The summed E-state index contributed by atoms with van der Waals surface area (Å²) >= 11 is 0. The molecule has 1 heteroatoms. The van der Waals surface area contributed by atoms with Gasteiger partial charge in [-0.2, -0.15) is 0 Å². The second-order valence-electron chi connectivity index (χ2n) is 7.43. The Bertz CT molecular complexity index is 457. The fourth-order valence-electron chi connectivity index (χ4n) is 3.43. The van der Waals surface area contributed by atoms with Gasteiger partial charge in [-0.1, -0.05) is 59.7 Å². The highest BCUT2D eigenvalue weighted by atomic mass is 14.9. The summed E-state index contributed by atoms with van der Waals surface area (Å²) in [5, 5.41) is 3.76. The molecule has 2 rings (SSSR count). The Morgan fingerprint density at radius 1 is 1.00 bits per heavy atom. The number of benzene rings is 1. The van der Waals surface area contributed by atoms with Crippen LogP contribution in [0.4, 0.5) is 0 Å². The molecule has 1 aliphatic carbocycles. The maximum absolute atomic E-state index is 3.76. The van der Waals surface area contributed by atoms with Crippen molar-refractivity contribution in [2.75, 3.05) is 6.54 Å². The first-order valence-corrected chi connectivity index (χ1v) is 8.82. The average Bonchev–Trinajstić information content (AvgIpc) is 3.28. The topological polar surface area (TPSA) is 12.0 Å².